The van der Waals surface area contributed by atoms with Crippen molar-refractivity contribution in [3.63, 3.8) is 0 Å². The molecule has 1 saturated carbocycles. The number of carbonyl (C=O) groups is 3. The van der Waals surface area contributed by atoms with E-state index in [4.69, 9.17) is 4.74 Å². The van der Waals surface area contributed by atoms with Gasteiger partial charge in [-0.15, -0.1) is 0 Å². The molecule has 4 rings (SSSR count). The van der Waals surface area contributed by atoms with Crippen LogP contribution in [0.2, 0.25) is 0 Å². The molecule has 6 nitrogen and oxygen atoms in total. The molecule has 0 radical (unpaired) electrons. The minimum Gasteiger partial charge on any atom is -0.467 e. The summed E-state index contributed by atoms with van der Waals surface area (Å²) in [7, 11) is 1.34. The quantitative estimate of drug-likeness (QED) is 0.775. The Hall–Kier alpha value is -2.37. The molecule has 1 saturated heterocycles. The number of benzene rings is 1. The minimum absolute atomic E-state index is 0.0485. The van der Waals surface area contributed by atoms with Gasteiger partial charge in [-0.25, -0.2) is 4.79 Å². The molecule has 2 amide bonds. The molecule has 6 heteroatoms. The lowest BCUT2D eigenvalue weighted by Crippen LogP contribution is -2.46. The third-order valence-corrected chi connectivity index (χ3v) is 5.43. The summed E-state index contributed by atoms with van der Waals surface area (Å²) in [5.74, 6) is -0.291. The fraction of sp³-hybridized carbons (Fsp3) is 0.526. The zero-order chi connectivity index (χ0) is 17.6. The van der Waals surface area contributed by atoms with Crippen molar-refractivity contribution in [2.75, 3.05) is 25.1 Å². The van der Waals surface area contributed by atoms with Crippen LogP contribution in [0.3, 0.4) is 0 Å². The Morgan fingerprint density at radius 2 is 1.96 bits per heavy atom. The number of hydrogen-bond donors (Lipinski definition) is 0. The number of anilines is 1. The second kappa shape index (κ2) is 6.17. The van der Waals surface area contributed by atoms with Gasteiger partial charge in [0.1, 0.15) is 6.04 Å². The van der Waals surface area contributed by atoms with Gasteiger partial charge in [0.15, 0.2) is 0 Å². The number of rotatable bonds is 4. The van der Waals surface area contributed by atoms with Crippen molar-refractivity contribution in [1.29, 1.82) is 0 Å². The summed E-state index contributed by atoms with van der Waals surface area (Å²) < 4.78 is 4.90. The molecular weight excluding hydrogens is 320 g/mol. The van der Waals surface area contributed by atoms with E-state index >= 15 is 0 Å². The third-order valence-electron chi connectivity index (χ3n) is 5.43. The number of ether oxygens (including phenoxy) is 1. The Kier molecular flexibility index (Phi) is 3.98. The van der Waals surface area contributed by atoms with E-state index in [2.05, 4.69) is 0 Å². The second-order valence-corrected chi connectivity index (χ2v) is 7.22. The number of likely N-dealkylation sites (tertiary alicyclic amines) is 1. The summed E-state index contributed by atoms with van der Waals surface area (Å²) in [5, 5.41) is 0. The number of hydrogen-bond acceptors (Lipinski definition) is 4. The van der Waals surface area contributed by atoms with Crippen LogP contribution in [-0.4, -0.2) is 48.9 Å². The van der Waals surface area contributed by atoms with Crippen molar-refractivity contribution >= 4 is 23.5 Å². The Balaban J connectivity index is 1.56. The number of nitrogens with zero attached hydrogens (tertiary/aromatic N) is 2. The van der Waals surface area contributed by atoms with Gasteiger partial charge >= 0.3 is 5.97 Å². The first-order chi connectivity index (χ1) is 12.1. The highest BCUT2D eigenvalue weighted by molar-refractivity contribution is 6.05. The maximum atomic E-state index is 13.2. The van der Waals surface area contributed by atoms with Crippen molar-refractivity contribution in [2.45, 2.75) is 31.7 Å². The number of fused-ring (bicyclic) bond motifs is 1. The van der Waals surface area contributed by atoms with Crippen molar-refractivity contribution in [2.24, 2.45) is 11.8 Å². The van der Waals surface area contributed by atoms with Crippen LogP contribution in [0.15, 0.2) is 24.3 Å². The van der Waals surface area contributed by atoms with E-state index in [1.807, 2.05) is 29.2 Å². The first kappa shape index (κ1) is 16.1. The van der Waals surface area contributed by atoms with Crippen molar-refractivity contribution < 1.29 is 19.1 Å². The van der Waals surface area contributed by atoms with Crippen LogP contribution in [0.25, 0.3) is 0 Å². The van der Waals surface area contributed by atoms with Crippen LogP contribution in [0.4, 0.5) is 5.69 Å². The molecule has 0 aromatic heterocycles. The normalized spacial score (nSPS) is 25.2. The van der Waals surface area contributed by atoms with E-state index in [1.165, 1.54) is 20.0 Å². The average molecular weight is 342 g/mol. The number of esters is 1. The molecule has 3 aliphatic rings. The highest BCUT2D eigenvalue weighted by atomic mass is 16.5. The zero-order valence-electron chi connectivity index (χ0n) is 14.3. The lowest BCUT2D eigenvalue weighted by atomic mass is 10.1. The summed E-state index contributed by atoms with van der Waals surface area (Å²) >= 11 is 0. The fourth-order valence-corrected chi connectivity index (χ4v) is 3.91. The van der Waals surface area contributed by atoms with E-state index < -0.39 is 12.0 Å². The van der Waals surface area contributed by atoms with Crippen LogP contribution < -0.4 is 4.90 Å². The summed E-state index contributed by atoms with van der Waals surface area (Å²) in [6, 6.07) is 6.91. The van der Waals surface area contributed by atoms with Crippen LogP contribution >= 0.6 is 0 Å². The van der Waals surface area contributed by atoms with E-state index in [0.29, 0.717) is 18.9 Å². The lowest BCUT2D eigenvalue weighted by molar-refractivity contribution is -0.143. The van der Waals surface area contributed by atoms with Crippen LogP contribution in [0, 0.1) is 11.8 Å². The van der Waals surface area contributed by atoms with E-state index in [-0.39, 0.29) is 24.2 Å². The standard InChI is InChI=1S/C19H22N2O4/c1-25-19(24)16-8-13-4-2-3-5-15(13)21(16)18(23)14-9-17(22)20(11-14)10-12-6-7-12/h2-5,12,14,16H,6-11H2,1H3/t14-,16-/m0/s1. The van der Waals surface area contributed by atoms with E-state index in [9.17, 15) is 14.4 Å². The Morgan fingerprint density at radius 3 is 2.68 bits per heavy atom. The summed E-state index contributed by atoms with van der Waals surface area (Å²) in [6.45, 7) is 1.22. The molecule has 1 aromatic carbocycles. The molecule has 0 N–H and O–H groups in total. The second-order valence-electron chi connectivity index (χ2n) is 7.22. The van der Waals surface area contributed by atoms with E-state index in [1.54, 1.807) is 4.90 Å². The first-order valence-electron chi connectivity index (χ1n) is 8.85. The predicted molar refractivity (Wildman–Crippen MR) is 90.8 cm³/mol. The molecule has 1 aromatic rings. The van der Waals surface area contributed by atoms with Gasteiger partial charge in [-0.3, -0.25) is 14.5 Å². The summed E-state index contributed by atoms with van der Waals surface area (Å²) in [4.78, 5) is 41.0. The maximum absolute atomic E-state index is 13.2. The van der Waals surface area contributed by atoms with Gasteiger partial charge in [0.2, 0.25) is 11.8 Å². The SMILES string of the molecule is COC(=O)[C@@H]1Cc2ccccc2N1C(=O)[C@H]1CC(=O)N(CC2CC2)C1. The molecule has 25 heavy (non-hydrogen) atoms. The van der Waals surface area contributed by atoms with Crippen molar-refractivity contribution in [1.82, 2.24) is 4.90 Å². The fourth-order valence-electron chi connectivity index (χ4n) is 3.91. The molecule has 0 spiro atoms. The van der Waals surface area contributed by atoms with Gasteiger partial charge in [0.25, 0.3) is 0 Å². The monoisotopic (exact) mass is 342 g/mol. The van der Waals surface area contributed by atoms with Crippen LogP contribution in [-0.2, 0) is 25.5 Å². The minimum atomic E-state index is -0.637. The topological polar surface area (TPSA) is 66.9 Å². The van der Waals surface area contributed by atoms with Gasteiger partial charge < -0.3 is 9.64 Å². The highest BCUT2D eigenvalue weighted by Crippen LogP contribution is 2.36. The Morgan fingerprint density at radius 1 is 1.20 bits per heavy atom. The molecule has 2 aliphatic heterocycles. The molecular formula is C19H22N2O4. The lowest BCUT2D eigenvalue weighted by Gasteiger charge is -2.26. The number of para-hydroxylation sites is 1. The molecule has 0 bridgehead atoms. The molecule has 1 aliphatic carbocycles. The molecule has 132 valence electrons. The summed E-state index contributed by atoms with van der Waals surface area (Å²) in [5.41, 5.74) is 1.72. The maximum Gasteiger partial charge on any atom is 0.329 e. The van der Waals surface area contributed by atoms with Crippen molar-refractivity contribution in [3.05, 3.63) is 29.8 Å². The van der Waals surface area contributed by atoms with Gasteiger partial charge in [-0.05, 0) is 30.4 Å². The van der Waals surface area contributed by atoms with Gasteiger partial charge in [-0.1, -0.05) is 18.2 Å². The number of carbonyl (C=O) groups excluding carboxylic acids is 3. The molecule has 0 unspecified atom stereocenters. The third kappa shape index (κ3) is 2.90. The van der Waals surface area contributed by atoms with E-state index in [0.717, 1.165) is 17.8 Å². The van der Waals surface area contributed by atoms with Crippen LogP contribution in [0.5, 0.6) is 0 Å². The molecule has 2 fully saturated rings. The van der Waals surface area contributed by atoms with Gasteiger partial charge in [0.05, 0.1) is 13.0 Å². The Labute approximate surface area is 146 Å². The number of methoxy groups -OCH3 is 1. The number of amides is 2. The highest BCUT2D eigenvalue weighted by Gasteiger charge is 2.45. The molecule has 2 heterocycles. The largest absolute Gasteiger partial charge is 0.467 e. The van der Waals surface area contributed by atoms with Crippen molar-refractivity contribution in [3.8, 4) is 0 Å². The smallest absolute Gasteiger partial charge is 0.329 e. The molecule has 2 atom stereocenters. The predicted octanol–water partition coefficient (Wildman–Crippen LogP) is 1.38. The summed E-state index contributed by atoms with van der Waals surface area (Å²) in [6.07, 6.45) is 3.04. The average Bonchev–Trinajstić information content (AvgIpc) is 3.24. The Bertz CT molecular complexity index is 728. The first-order valence-corrected chi connectivity index (χ1v) is 8.85. The van der Waals surface area contributed by atoms with Gasteiger partial charge in [0, 0.05) is 31.6 Å². The van der Waals surface area contributed by atoms with Crippen LogP contribution in [0.1, 0.15) is 24.8 Å². The zero-order valence-corrected chi connectivity index (χ0v) is 14.3. The van der Waals surface area contributed by atoms with Gasteiger partial charge in [-0.2, -0.15) is 0 Å².